The lowest BCUT2D eigenvalue weighted by molar-refractivity contribution is -0.128. The first-order valence-corrected chi connectivity index (χ1v) is 9.90. The van der Waals surface area contributed by atoms with Crippen LogP contribution in [0.1, 0.15) is 12.8 Å². The lowest BCUT2D eigenvalue weighted by Crippen LogP contribution is -2.51. The van der Waals surface area contributed by atoms with Gasteiger partial charge in [0.05, 0.1) is 24.6 Å². The van der Waals surface area contributed by atoms with Gasteiger partial charge in [-0.3, -0.25) is 9.10 Å². The van der Waals surface area contributed by atoms with Crippen LogP contribution in [0.5, 0.6) is 5.75 Å². The summed E-state index contributed by atoms with van der Waals surface area (Å²) in [5.41, 5.74) is 0.341. The Morgan fingerprint density at radius 2 is 2.25 bits per heavy atom. The average molecular weight is 375 g/mol. The summed E-state index contributed by atoms with van der Waals surface area (Å²) in [6.07, 6.45) is 2.06. The van der Waals surface area contributed by atoms with E-state index in [2.05, 4.69) is 5.32 Å². The van der Waals surface area contributed by atoms with Crippen LogP contribution in [0.15, 0.2) is 18.2 Å². The second-order valence-corrected chi connectivity index (χ2v) is 8.24. The van der Waals surface area contributed by atoms with E-state index in [-0.39, 0.29) is 18.6 Å². The molecule has 0 aromatic heterocycles. The number of carbonyl (C=O) groups is 1. The second kappa shape index (κ2) is 6.78. The number of halogens is 1. The largest absolute Gasteiger partial charge is 0.476 e. The van der Waals surface area contributed by atoms with Crippen LogP contribution >= 0.6 is 11.6 Å². The normalized spacial score (nSPS) is 23.5. The van der Waals surface area contributed by atoms with Gasteiger partial charge in [0.1, 0.15) is 5.75 Å². The molecule has 2 atom stereocenters. The number of sulfonamides is 1. The van der Waals surface area contributed by atoms with Crippen molar-refractivity contribution in [3.05, 3.63) is 23.2 Å². The molecule has 0 aliphatic carbocycles. The summed E-state index contributed by atoms with van der Waals surface area (Å²) >= 11 is 5.94. The molecule has 2 aliphatic heterocycles. The van der Waals surface area contributed by atoms with E-state index in [4.69, 9.17) is 21.1 Å². The van der Waals surface area contributed by atoms with Gasteiger partial charge in [-0.1, -0.05) is 11.6 Å². The van der Waals surface area contributed by atoms with Crippen LogP contribution < -0.4 is 14.4 Å². The van der Waals surface area contributed by atoms with Gasteiger partial charge in [0, 0.05) is 18.2 Å². The summed E-state index contributed by atoms with van der Waals surface area (Å²) in [5, 5.41) is 3.17. The lowest BCUT2D eigenvalue weighted by Gasteiger charge is -2.34. The maximum Gasteiger partial charge on any atom is 0.263 e. The summed E-state index contributed by atoms with van der Waals surface area (Å²) in [6, 6.07) is 4.67. The van der Waals surface area contributed by atoms with Crippen molar-refractivity contribution < 1.29 is 22.7 Å². The number of hydrogen-bond donors (Lipinski definition) is 1. The highest BCUT2D eigenvalue weighted by atomic mass is 35.5. The summed E-state index contributed by atoms with van der Waals surface area (Å²) in [7, 11) is -3.56. The van der Waals surface area contributed by atoms with E-state index in [0.717, 1.165) is 23.4 Å². The fraction of sp³-hybridized carbons (Fsp3) is 0.533. The lowest BCUT2D eigenvalue weighted by atomic mass is 10.2. The highest BCUT2D eigenvalue weighted by Gasteiger charge is 2.35. The SMILES string of the molecule is CS(=O)(=O)N1C[C@H](C(=O)NC[C@@H]2CCCO2)Oc2ccc(Cl)cc21. The van der Waals surface area contributed by atoms with Crippen LogP contribution in [0.4, 0.5) is 5.69 Å². The van der Waals surface area contributed by atoms with Gasteiger partial charge in [-0.05, 0) is 31.0 Å². The Hall–Kier alpha value is -1.51. The van der Waals surface area contributed by atoms with Crippen LogP contribution in [0.25, 0.3) is 0 Å². The van der Waals surface area contributed by atoms with E-state index in [0.29, 0.717) is 29.6 Å². The topological polar surface area (TPSA) is 84.9 Å². The summed E-state index contributed by atoms with van der Waals surface area (Å²) in [4.78, 5) is 12.4. The molecule has 24 heavy (non-hydrogen) atoms. The van der Waals surface area contributed by atoms with E-state index in [9.17, 15) is 13.2 Å². The third-order valence-corrected chi connectivity index (χ3v) is 5.39. The Labute approximate surface area is 145 Å². The number of amides is 1. The highest BCUT2D eigenvalue weighted by molar-refractivity contribution is 7.92. The molecule has 0 radical (unpaired) electrons. The van der Waals surface area contributed by atoms with Gasteiger partial charge in [0.25, 0.3) is 5.91 Å². The van der Waals surface area contributed by atoms with Crippen LogP contribution in [0, 0.1) is 0 Å². The first kappa shape index (κ1) is 17.3. The Balaban J connectivity index is 1.76. The molecule has 1 N–H and O–H groups in total. The van der Waals surface area contributed by atoms with Crippen molar-refractivity contribution in [1.82, 2.24) is 5.32 Å². The minimum Gasteiger partial charge on any atom is -0.476 e. The quantitative estimate of drug-likeness (QED) is 0.854. The van der Waals surface area contributed by atoms with Gasteiger partial charge < -0.3 is 14.8 Å². The fourth-order valence-corrected chi connectivity index (χ4v) is 3.88. The van der Waals surface area contributed by atoms with Gasteiger partial charge >= 0.3 is 0 Å². The van der Waals surface area contributed by atoms with Crippen LogP contribution in [-0.4, -0.2) is 52.5 Å². The first-order chi connectivity index (χ1) is 11.3. The van der Waals surface area contributed by atoms with Crippen LogP contribution in [0.2, 0.25) is 5.02 Å². The molecule has 0 bridgehead atoms. The van der Waals surface area contributed by atoms with Crippen LogP contribution in [-0.2, 0) is 19.6 Å². The molecule has 1 amide bonds. The molecule has 1 fully saturated rings. The molecule has 0 saturated carbocycles. The number of ether oxygens (including phenoxy) is 2. The zero-order valence-electron chi connectivity index (χ0n) is 13.2. The van der Waals surface area contributed by atoms with Gasteiger partial charge in [0.15, 0.2) is 6.10 Å². The first-order valence-electron chi connectivity index (χ1n) is 7.68. The minimum atomic E-state index is -3.56. The number of fused-ring (bicyclic) bond motifs is 1. The van der Waals surface area contributed by atoms with Gasteiger partial charge in [-0.2, -0.15) is 0 Å². The summed E-state index contributed by atoms with van der Waals surface area (Å²) in [5.74, 6) is -0.0481. The Morgan fingerprint density at radius 1 is 1.46 bits per heavy atom. The standard InChI is InChI=1S/C15H19ClN2O5S/c1-24(20,21)18-9-14(15(19)17-8-11-3-2-6-22-11)23-13-5-4-10(16)7-12(13)18/h4-5,7,11,14H,2-3,6,8-9H2,1H3,(H,17,19)/t11-,14+/m0/s1. The van der Waals surface area contributed by atoms with E-state index in [1.54, 1.807) is 12.1 Å². The van der Waals surface area contributed by atoms with Gasteiger partial charge in [-0.15, -0.1) is 0 Å². The molecule has 7 nitrogen and oxygen atoms in total. The third kappa shape index (κ3) is 3.76. The molecule has 1 saturated heterocycles. The molecule has 2 aliphatic rings. The molecule has 9 heteroatoms. The van der Waals surface area contributed by atoms with Crippen molar-refractivity contribution in [2.75, 3.05) is 30.3 Å². The van der Waals surface area contributed by atoms with E-state index in [1.807, 2.05) is 0 Å². The number of rotatable bonds is 4. The van der Waals surface area contributed by atoms with Crippen molar-refractivity contribution >= 4 is 33.2 Å². The van der Waals surface area contributed by atoms with E-state index >= 15 is 0 Å². The van der Waals surface area contributed by atoms with Gasteiger partial charge in [0.2, 0.25) is 10.0 Å². The molecule has 3 rings (SSSR count). The molecule has 1 aromatic carbocycles. The fourth-order valence-electron chi connectivity index (χ4n) is 2.81. The molecule has 132 valence electrons. The van der Waals surface area contributed by atoms with Gasteiger partial charge in [-0.25, -0.2) is 8.42 Å². The van der Waals surface area contributed by atoms with Crippen molar-refractivity contribution in [1.29, 1.82) is 0 Å². The Kier molecular flexibility index (Phi) is 4.89. The Bertz CT molecular complexity index is 733. The molecule has 2 heterocycles. The van der Waals surface area contributed by atoms with Crippen LogP contribution in [0.3, 0.4) is 0 Å². The highest BCUT2D eigenvalue weighted by Crippen LogP contribution is 2.37. The molecular weight excluding hydrogens is 356 g/mol. The Morgan fingerprint density at radius 3 is 2.92 bits per heavy atom. The minimum absolute atomic E-state index is 0.00893. The van der Waals surface area contributed by atoms with Crippen molar-refractivity contribution in [2.45, 2.75) is 25.0 Å². The zero-order chi connectivity index (χ0) is 17.3. The number of benzene rings is 1. The molecular formula is C15H19ClN2O5S. The van der Waals surface area contributed by atoms with Crippen molar-refractivity contribution in [3.8, 4) is 5.75 Å². The molecule has 0 spiro atoms. The zero-order valence-corrected chi connectivity index (χ0v) is 14.8. The predicted octanol–water partition coefficient (Wildman–Crippen LogP) is 1.16. The van der Waals surface area contributed by atoms with E-state index < -0.39 is 16.1 Å². The average Bonchev–Trinajstić information content (AvgIpc) is 3.04. The summed E-state index contributed by atoms with van der Waals surface area (Å²) < 4.78 is 36.4. The summed E-state index contributed by atoms with van der Waals surface area (Å²) in [6.45, 7) is 1.00. The van der Waals surface area contributed by atoms with E-state index in [1.165, 1.54) is 6.07 Å². The number of hydrogen-bond acceptors (Lipinski definition) is 5. The maximum atomic E-state index is 12.4. The number of nitrogens with zero attached hydrogens (tertiary/aromatic N) is 1. The maximum absolute atomic E-state index is 12.4. The molecule has 0 unspecified atom stereocenters. The number of carbonyl (C=O) groups excluding carboxylic acids is 1. The second-order valence-electron chi connectivity index (χ2n) is 5.89. The van der Waals surface area contributed by atoms with Crippen molar-refractivity contribution in [2.24, 2.45) is 0 Å². The monoisotopic (exact) mass is 374 g/mol. The molecule has 1 aromatic rings. The number of anilines is 1. The number of nitrogens with one attached hydrogen (secondary N) is 1. The van der Waals surface area contributed by atoms with Crippen molar-refractivity contribution in [3.63, 3.8) is 0 Å². The smallest absolute Gasteiger partial charge is 0.263 e. The third-order valence-electron chi connectivity index (χ3n) is 4.01. The predicted molar refractivity (Wildman–Crippen MR) is 90.0 cm³/mol.